The second-order valence-corrected chi connectivity index (χ2v) is 8.26. The van der Waals surface area contributed by atoms with Crippen LogP contribution in [0.25, 0.3) is 11.3 Å². The number of fused-ring (bicyclic) bond motifs is 1. The van der Waals surface area contributed by atoms with Crippen LogP contribution in [0.15, 0.2) is 42.6 Å². The Kier molecular flexibility index (Phi) is 5.43. The molecule has 1 saturated heterocycles. The van der Waals surface area contributed by atoms with E-state index in [9.17, 15) is 14.3 Å². The number of aliphatic hydroxyl groups is 1. The van der Waals surface area contributed by atoms with Crippen LogP contribution >= 0.6 is 0 Å². The molecular formula is C24H24FN5O3. The molecule has 170 valence electrons. The second-order valence-electron chi connectivity index (χ2n) is 8.26. The molecule has 5 rings (SSSR count). The Hall–Kier alpha value is -3.56. The third-order valence-electron chi connectivity index (χ3n) is 6.03. The molecule has 2 aliphatic rings. The molecule has 2 aromatic heterocycles. The van der Waals surface area contributed by atoms with E-state index in [1.54, 1.807) is 23.1 Å². The molecule has 9 heteroatoms. The molecule has 1 fully saturated rings. The van der Waals surface area contributed by atoms with Gasteiger partial charge in [-0.2, -0.15) is 0 Å². The number of pyridine rings is 2. The number of nitrogens with zero attached hydrogens (tertiary/aromatic N) is 3. The van der Waals surface area contributed by atoms with Crippen molar-refractivity contribution in [1.82, 2.24) is 15.3 Å². The molecule has 0 spiro atoms. The molecule has 3 N–H and O–H groups in total. The van der Waals surface area contributed by atoms with Gasteiger partial charge in [-0.05, 0) is 42.8 Å². The number of ether oxygens (including phenoxy) is 1. The van der Waals surface area contributed by atoms with Crippen LogP contribution in [0.1, 0.15) is 21.5 Å². The number of aromatic nitrogens is 2. The minimum absolute atomic E-state index is 0.164. The lowest BCUT2D eigenvalue weighted by Gasteiger charge is -2.20. The van der Waals surface area contributed by atoms with Gasteiger partial charge in [0.2, 0.25) is 0 Å². The summed E-state index contributed by atoms with van der Waals surface area (Å²) >= 11 is 0. The van der Waals surface area contributed by atoms with Crippen molar-refractivity contribution >= 4 is 17.5 Å². The van der Waals surface area contributed by atoms with Gasteiger partial charge in [-0.3, -0.25) is 14.7 Å². The highest BCUT2D eigenvalue weighted by Gasteiger charge is 2.34. The molecule has 4 heterocycles. The lowest BCUT2D eigenvalue weighted by Crippen LogP contribution is -2.32. The fourth-order valence-corrected chi connectivity index (χ4v) is 4.40. The van der Waals surface area contributed by atoms with Crippen molar-refractivity contribution in [2.75, 3.05) is 30.4 Å². The maximum Gasteiger partial charge on any atom is 0.260 e. The van der Waals surface area contributed by atoms with E-state index in [2.05, 4.69) is 20.6 Å². The first-order valence-corrected chi connectivity index (χ1v) is 10.7. The van der Waals surface area contributed by atoms with Crippen LogP contribution in [0.2, 0.25) is 0 Å². The molecule has 2 atom stereocenters. The fraction of sp³-hybridized carbons (Fsp3) is 0.292. The van der Waals surface area contributed by atoms with Gasteiger partial charge in [0.15, 0.2) is 0 Å². The van der Waals surface area contributed by atoms with E-state index in [1.165, 1.54) is 19.4 Å². The minimum Gasteiger partial charge on any atom is -0.496 e. The van der Waals surface area contributed by atoms with Crippen molar-refractivity contribution in [3.63, 3.8) is 0 Å². The summed E-state index contributed by atoms with van der Waals surface area (Å²) in [6.07, 6.45) is 0.991. The minimum atomic E-state index is -0.516. The number of β-amino-alcohol motifs (C(OH)–C–C–N with tert-alkyl or cyclic N) is 1. The van der Waals surface area contributed by atoms with Crippen LogP contribution in [0.3, 0.4) is 0 Å². The Balaban J connectivity index is 1.51. The number of benzene rings is 1. The molecule has 0 radical (unpaired) electrons. The summed E-state index contributed by atoms with van der Waals surface area (Å²) in [5.74, 6) is 0.715. The van der Waals surface area contributed by atoms with Gasteiger partial charge in [-0.1, -0.05) is 6.07 Å². The number of aliphatic hydroxyl groups excluding tert-OH is 1. The molecule has 0 bridgehead atoms. The molecule has 0 unspecified atom stereocenters. The summed E-state index contributed by atoms with van der Waals surface area (Å²) in [6, 6.07) is 9.77. The Morgan fingerprint density at radius 1 is 1.27 bits per heavy atom. The summed E-state index contributed by atoms with van der Waals surface area (Å²) in [6.45, 7) is 3.27. The number of nitrogens with one attached hydrogen (secondary N) is 2. The van der Waals surface area contributed by atoms with E-state index in [0.29, 0.717) is 47.3 Å². The summed E-state index contributed by atoms with van der Waals surface area (Å²) in [7, 11) is 1.47. The van der Waals surface area contributed by atoms with Gasteiger partial charge in [0.25, 0.3) is 5.91 Å². The molecule has 33 heavy (non-hydrogen) atoms. The van der Waals surface area contributed by atoms with E-state index in [1.807, 2.05) is 19.1 Å². The Morgan fingerprint density at radius 2 is 2.12 bits per heavy atom. The number of halogens is 1. The van der Waals surface area contributed by atoms with Gasteiger partial charge in [-0.15, -0.1) is 0 Å². The smallest absolute Gasteiger partial charge is 0.260 e. The van der Waals surface area contributed by atoms with Gasteiger partial charge in [0, 0.05) is 30.4 Å². The van der Waals surface area contributed by atoms with Crippen LogP contribution in [-0.4, -0.2) is 53.3 Å². The van der Waals surface area contributed by atoms with Crippen molar-refractivity contribution in [3.8, 4) is 17.0 Å². The second kappa shape index (κ2) is 8.42. The maximum atomic E-state index is 14.8. The lowest BCUT2D eigenvalue weighted by atomic mass is 10.0. The monoisotopic (exact) mass is 449 g/mol. The molecule has 1 aromatic carbocycles. The standard InChI is InChI=1S/C24H24FN5O3/c1-13-8-20(28-17-10-26-11-18(17)31)29-21(9-13)30-12-15-14(24(30)32)6-7-27-23(15)22-16(25)4-3-5-19(22)33-2/h3-9,17-18,26,31H,10-12H2,1-2H3,(H,28,29)/t17-,18-/m0/s1. The average Bonchev–Trinajstić information content (AvgIpc) is 3.36. The molecule has 2 aliphatic heterocycles. The van der Waals surface area contributed by atoms with Crippen LogP contribution < -0.4 is 20.3 Å². The third-order valence-corrected chi connectivity index (χ3v) is 6.03. The molecule has 1 amide bonds. The van der Waals surface area contributed by atoms with Gasteiger partial charge >= 0.3 is 0 Å². The first kappa shape index (κ1) is 21.3. The number of aryl methyl sites for hydroxylation is 1. The van der Waals surface area contributed by atoms with E-state index in [0.717, 1.165) is 5.56 Å². The maximum absolute atomic E-state index is 14.8. The molecule has 0 saturated carbocycles. The zero-order valence-corrected chi connectivity index (χ0v) is 18.3. The largest absolute Gasteiger partial charge is 0.496 e. The zero-order chi connectivity index (χ0) is 23.1. The topological polar surface area (TPSA) is 99.6 Å². The number of hydrogen-bond donors (Lipinski definition) is 3. The van der Waals surface area contributed by atoms with E-state index in [-0.39, 0.29) is 24.1 Å². The number of carbonyl (C=O) groups excluding carboxylic acids is 1. The van der Waals surface area contributed by atoms with Gasteiger partial charge in [-0.25, -0.2) is 9.37 Å². The van der Waals surface area contributed by atoms with Crippen LogP contribution in [-0.2, 0) is 6.54 Å². The SMILES string of the molecule is COc1cccc(F)c1-c1nccc2c1CN(c1cc(C)cc(N[C@H]3CNC[C@@H]3O)n1)C2=O. The quantitative estimate of drug-likeness (QED) is 0.550. The summed E-state index contributed by atoms with van der Waals surface area (Å²) in [5.41, 5.74) is 2.61. The van der Waals surface area contributed by atoms with Crippen molar-refractivity contribution < 1.29 is 19.0 Å². The molecular weight excluding hydrogens is 425 g/mol. The summed E-state index contributed by atoms with van der Waals surface area (Å²) in [4.78, 5) is 23.9. The normalized spacial score (nSPS) is 19.6. The van der Waals surface area contributed by atoms with Gasteiger partial charge < -0.3 is 20.5 Å². The van der Waals surface area contributed by atoms with E-state index in [4.69, 9.17) is 4.74 Å². The predicted octanol–water partition coefficient (Wildman–Crippen LogP) is 2.50. The number of rotatable bonds is 5. The third kappa shape index (κ3) is 3.79. The fourth-order valence-electron chi connectivity index (χ4n) is 4.40. The number of methoxy groups -OCH3 is 1. The zero-order valence-electron chi connectivity index (χ0n) is 18.3. The number of carbonyl (C=O) groups is 1. The molecule has 8 nitrogen and oxygen atoms in total. The Morgan fingerprint density at radius 3 is 2.88 bits per heavy atom. The van der Waals surface area contributed by atoms with Crippen molar-refractivity contribution in [3.05, 3.63) is 65.1 Å². The van der Waals surface area contributed by atoms with Crippen molar-refractivity contribution in [2.45, 2.75) is 25.6 Å². The molecule has 3 aromatic rings. The van der Waals surface area contributed by atoms with Crippen molar-refractivity contribution in [1.29, 1.82) is 0 Å². The highest BCUT2D eigenvalue weighted by molar-refractivity contribution is 6.10. The van der Waals surface area contributed by atoms with E-state index >= 15 is 0 Å². The van der Waals surface area contributed by atoms with Crippen LogP contribution in [0.5, 0.6) is 5.75 Å². The number of hydrogen-bond acceptors (Lipinski definition) is 7. The Labute approximate surface area is 190 Å². The van der Waals surface area contributed by atoms with E-state index < -0.39 is 11.9 Å². The molecule has 0 aliphatic carbocycles. The number of anilines is 2. The Bertz CT molecular complexity index is 1230. The first-order valence-electron chi connectivity index (χ1n) is 10.7. The average molecular weight is 449 g/mol. The first-order chi connectivity index (χ1) is 16.0. The van der Waals surface area contributed by atoms with Crippen LogP contribution in [0, 0.1) is 12.7 Å². The number of amides is 1. The van der Waals surface area contributed by atoms with Crippen LogP contribution in [0.4, 0.5) is 16.0 Å². The van der Waals surface area contributed by atoms with Crippen molar-refractivity contribution in [2.24, 2.45) is 0 Å². The highest BCUT2D eigenvalue weighted by atomic mass is 19.1. The summed E-state index contributed by atoms with van der Waals surface area (Å²) in [5, 5.41) is 16.5. The predicted molar refractivity (Wildman–Crippen MR) is 122 cm³/mol. The highest BCUT2D eigenvalue weighted by Crippen LogP contribution is 2.38. The lowest BCUT2D eigenvalue weighted by molar-refractivity contribution is 0.0996. The summed E-state index contributed by atoms with van der Waals surface area (Å²) < 4.78 is 20.1. The van der Waals surface area contributed by atoms with Gasteiger partial charge in [0.1, 0.15) is 23.2 Å². The van der Waals surface area contributed by atoms with Gasteiger partial charge in [0.05, 0.1) is 37.1 Å².